The van der Waals surface area contributed by atoms with E-state index in [-0.39, 0.29) is 12.3 Å². The van der Waals surface area contributed by atoms with Crippen molar-refractivity contribution < 1.29 is 4.79 Å². The Hall–Kier alpha value is -1.64. The van der Waals surface area contributed by atoms with Gasteiger partial charge in [0, 0.05) is 21.8 Å². The third-order valence-electron chi connectivity index (χ3n) is 3.14. The van der Waals surface area contributed by atoms with Crippen molar-refractivity contribution in [3.8, 4) is 10.6 Å². The molecular formula is C16H15BrN4OS2. The molecule has 0 unspecified atom stereocenters. The number of benzene rings is 1. The lowest BCUT2D eigenvalue weighted by Gasteiger charge is -1.99. The minimum absolute atomic E-state index is 0.125. The van der Waals surface area contributed by atoms with Gasteiger partial charge in [-0.2, -0.15) is 0 Å². The second-order valence-electron chi connectivity index (χ2n) is 5.13. The van der Waals surface area contributed by atoms with Crippen molar-refractivity contribution in [2.75, 3.05) is 5.32 Å². The molecule has 8 heteroatoms. The van der Waals surface area contributed by atoms with Crippen LogP contribution in [-0.4, -0.2) is 21.1 Å². The van der Waals surface area contributed by atoms with Crippen LogP contribution in [0.3, 0.4) is 0 Å². The van der Waals surface area contributed by atoms with E-state index in [1.165, 1.54) is 22.7 Å². The highest BCUT2D eigenvalue weighted by Crippen LogP contribution is 2.26. The van der Waals surface area contributed by atoms with Gasteiger partial charge in [0.25, 0.3) is 0 Å². The van der Waals surface area contributed by atoms with Crippen LogP contribution in [0.1, 0.15) is 24.0 Å². The molecule has 0 aliphatic heterocycles. The molecule has 2 heterocycles. The molecule has 0 spiro atoms. The van der Waals surface area contributed by atoms with Gasteiger partial charge in [-0.25, -0.2) is 4.98 Å². The topological polar surface area (TPSA) is 67.8 Å². The molecule has 0 aliphatic rings. The van der Waals surface area contributed by atoms with Gasteiger partial charge in [0.1, 0.15) is 10.0 Å². The number of hydrogen-bond donors (Lipinski definition) is 1. The number of carbonyl (C=O) groups excluding carboxylic acids is 1. The molecule has 124 valence electrons. The molecule has 24 heavy (non-hydrogen) atoms. The minimum Gasteiger partial charge on any atom is -0.300 e. The number of aryl methyl sites for hydroxylation is 1. The summed E-state index contributed by atoms with van der Waals surface area (Å²) < 4.78 is 1.01. The summed E-state index contributed by atoms with van der Waals surface area (Å²) in [5, 5.41) is 15.1. The van der Waals surface area contributed by atoms with Gasteiger partial charge < -0.3 is 5.32 Å². The predicted octanol–water partition coefficient (Wildman–Crippen LogP) is 4.56. The molecule has 1 amide bonds. The van der Waals surface area contributed by atoms with Crippen molar-refractivity contribution in [1.29, 1.82) is 0 Å². The van der Waals surface area contributed by atoms with E-state index in [0.717, 1.165) is 38.6 Å². The fraction of sp³-hybridized carbons (Fsp3) is 0.250. The van der Waals surface area contributed by atoms with Crippen molar-refractivity contribution in [3.05, 3.63) is 44.8 Å². The minimum atomic E-state index is -0.125. The first-order chi connectivity index (χ1) is 11.6. The number of thiazole rings is 1. The first-order valence-corrected chi connectivity index (χ1v) is 9.95. The van der Waals surface area contributed by atoms with Crippen LogP contribution in [0.5, 0.6) is 0 Å². The first-order valence-electron chi connectivity index (χ1n) is 7.46. The number of amides is 1. The average molecular weight is 423 g/mol. The molecule has 0 bridgehead atoms. The summed E-state index contributed by atoms with van der Waals surface area (Å²) in [6, 6.07) is 7.96. The van der Waals surface area contributed by atoms with E-state index in [2.05, 4.69) is 43.4 Å². The molecule has 0 saturated heterocycles. The van der Waals surface area contributed by atoms with Crippen LogP contribution in [0.15, 0.2) is 34.1 Å². The van der Waals surface area contributed by atoms with E-state index in [1.54, 1.807) is 0 Å². The van der Waals surface area contributed by atoms with Crippen LogP contribution in [0.4, 0.5) is 5.13 Å². The number of rotatable bonds is 6. The zero-order valence-electron chi connectivity index (χ0n) is 13.0. The fourth-order valence-corrected chi connectivity index (χ4v) is 4.16. The molecule has 2 aromatic heterocycles. The van der Waals surface area contributed by atoms with Crippen molar-refractivity contribution in [2.45, 2.75) is 26.2 Å². The highest BCUT2D eigenvalue weighted by Gasteiger charge is 2.12. The van der Waals surface area contributed by atoms with Crippen LogP contribution in [-0.2, 0) is 17.6 Å². The second-order valence-corrected chi connectivity index (χ2v) is 7.97. The van der Waals surface area contributed by atoms with Crippen LogP contribution in [0, 0.1) is 0 Å². The Morgan fingerprint density at radius 3 is 3.00 bits per heavy atom. The van der Waals surface area contributed by atoms with Gasteiger partial charge in [0.05, 0.1) is 12.1 Å². The first kappa shape index (κ1) is 17.2. The molecular weight excluding hydrogens is 408 g/mol. The lowest BCUT2D eigenvalue weighted by molar-refractivity contribution is -0.115. The molecule has 1 N–H and O–H groups in total. The maximum atomic E-state index is 12.1. The lowest BCUT2D eigenvalue weighted by Crippen LogP contribution is -2.14. The van der Waals surface area contributed by atoms with Gasteiger partial charge in [-0.05, 0) is 18.6 Å². The maximum Gasteiger partial charge on any atom is 0.232 e. The summed E-state index contributed by atoms with van der Waals surface area (Å²) in [4.78, 5) is 16.7. The van der Waals surface area contributed by atoms with E-state index >= 15 is 0 Å². The van der Waals surface area contributed by atoms with Gasteiger partial charge >= 0.3 is 0 Å². The van der Waals surface area contributed by atoms with Crippen molar-refractivity contribution in [1.82, 2.24) is 15.2 Å². The quantitative estimate of drug-likeness (QED) is 0.631. The SMILES string of the molecule is CCCc1nnc(NC(=O)Cc2csc(-c3cccc(Br)c3)n2)s1. The van der Waals surface area contributed by atoms with Gasteiger partial charge in [0.15, 0.2) is 0 Å². The van der Waals surface area contributed by atoms with Crippen LogP contribution in [0.2, 0.25) is 0 Å². The zero-order valence-corrected chi connectivity index (χ0v) is 16.2. The number of nitrogens with zero attached hydrogens (tertiary/aromatic N) is 3. The summed E-state index contributed by atoms with van der Waals surface area (Å²) >= 11 is 6.41. The lowest BCUT2D eigenvalue weighted by atomic mass is 10.2. The van der Waals surface area contributed by atoms with E-state index in [4.69, 9.17) is 0 Å². The Labute approximate surface area is 156 Å². The van der Waals surface area contributed by atoms with Crippen molar-refractivity contribution in [3.63, 3.8) is 0 Å². The molecule has 3 aromatic rings. The number of hydrogen-bond acceptors (Lipinski definition) is 6. The average Bonchev–Trinajstić information content (AvgIpc) is 3.17. The smallest absolute Gasteiger partial charge is 0.232 e. The van der Waals surface area contributed by atoms with Crippen LogP contribution >= 0.6 is 38.6 Å². The maximum absolute atomic E-state index is 12.1. The Bertz CT molecular complexity index is 846. The number of nitrogens with one attached hydrogen (secondary N) is 1. The molecule has 0 atom stereocenters. The summed E-state index contributed by atoms with van der Waals surface area (Å²) in [5.74, 6) is -0.125. The molecule has 0 radical (unpaired) electrons. The van der Waals surface area contributed by atoms with E-state index in [1.807, 2.05) is 29.6 Å². The number of halogens is 1. The Morgan fingerprint density at radius 2 is 2.21 bits per heavy atom. The van der Waals surface area contributed by atoms with E-state index < -0.39 is 0 Å². The Balaban J connectivity index is 1.62. The number of carbonyl (C=O) groups is 1. The van der Waals surface area contributed by atoms with Gasteiger partial charge in [-0.15, -0.1) is 21.5 Å². The van der Waals surface area contributed by atoms with Crippen molar-refractivity contribution in [2.24, 2.45) is 0 Å². The highest BCUT2D eigenvalue weighted by molar-refractivity contribution is 9.10. The zero-order chi connectivity index (χ0) is 16.9. The summed E-state index contributed by atoms with van der Waals surface area (Å²) in [7, 11) is 0. The number of anilines is 1. The fourth-order valence-electron chi connectivity index (χ4n) is 2.09. The summed E-state index contributed by atoms with van der Waals surface area (Å²) in [6.07, 6.45) is 2.13. The third kappa shape index (κ3) is 4.46. The van der Waals surface area contributed by atoms with E-state index in [9.17, 15) is 4.79 Å². The highest BCUT2D eigenvalue weighted by atomic mass is 79.9. The summed E-state index contributed by atoms with van der Waals surface area (Å²) in [5.41, 5.74) is 1.79. The van der Waals surface area contributed by atoms with Crippen molar-refractivity contribution >= 4 is 49.6 Å². The van der Waals surface area contributed by atoms with Crippen LogP contribution in [0.25, 0.3) is 10.6 Å². The van der Waals surface area contributed by atoms with Crippen LogP contribution < -0.4 is 5.32 Å². The Kier molecular flexibility index (Phi) is 5.70. The normalized spacial score (nSPS) is 10.8. The predicted molar refractivity (Wildman–Crippen MR) is 101 cm³/mol. The summed E-state index contributed by atoms with van der Waals surface area (Å²) in [6.45, 7) is 2.09. The second kappa shape index (κ2) is 7.96. The molecule has 3 rings (SSSR count). The molecule has 0 saturated carbocycles. The molecule has 5 nitrogen and oxygen atoms in total. The van der Waals surface area contributed by atoms with Gasteiger partial charge in [0.2, 0.25) is 11.0 Å². The molecule has 0 aliphatic carbocycles. The standard InChI is InChI=1S/C16H15BrN4OS2/c1-2-4-14-20-21-16(24-14)19-13(22)8-12-9-23-15(18-12)10-5-3-6-11(17)7-10/h3,5-7,9H,2,4,8H2,1H3,(H,19,21,22). The monoisotopic (exact) mass is 422 g/mol. The molecule has 1 aromatic carbocycles. The molecule has 0 fully saturated rings. The third-order valence-corrected chi connectivity index (χ3v) is 5.47. The number of aromatic nitrogens is 3. The van der Waals surface area contributed by atoms with E-state index in [0.29, 0.717) is 5.13 Å². The van der Waals surface area contributed by atoms with Gasteiger partial charge in [-0.3, -0.25) is 4.79 Å². The Morgan fingerprint density at radius 1 is 1.33 bits per heavy atom. The van der Waals surface area contributed by atoms with Gasteiger partial charge in [-0.1, -0.05) is 46.3 Å². The largest absolute Gasteiger partial charge is 0.300 e.